The summed E-state index contributed by atoms with van der Waals surface area (Å²) in [5.41, 5.74) is 8.97. The van der Waals surface area contributed by atoms with Gasteiger partial charge in [-0.1, -0.05) is 54.6 Å². The van der Waals surface area contributed by atoms with E-state index < -0.39 is 0 Å². The van der Waals surface area contributed by atoms with Crippen molar-refractivity contribution < 1.29 is 9.59 Å². The second kappa shape index (κ2) is 9.62. The van der Waals surface area contributed by atoms with Gasteiger partial charge >= 0.3 is 0 Å². The number of amides is 2. The molecule has 3 aromatic carbocycles. The Bertz CT molecular complexity index is 1410. The first-order valence-corrected chi connectivity index (χ1v) is 12.0. The summed E-state index contributed by atoms with van der Waals surface area (Å²) in [7, 11) is 0. The first-order chi connectivity index (χ1) is 17.0. The van der Waals surface area contributed by atoms with Crippen LogP contribution in [0.1, 0.15) is 47.3 Å². The minimum atomic E-state index is -0.113. The molecule has 1 aliphatic rings. The highest BCUT2D eigenvalue weighted by atomic mass is 16.2. The molecular formula is C28H29N5O2. The zero-order valence-electron chi connectivity index (χ0n) is 19.5. The van der Waals surface area contributed by atoms with Gasteiger partial charge in [0.2, 0.25) is 6.41 Å². The molecule has 1 saturated carbocycles. The van der Waals surface area contributed by atoms with Crippen molar-refractivity contribution in [2.45, 2.75) is 44.3 Å². The highest BCUT2D eigenvalue weighted by Crippen LogP contribution is 2.27. The smallest absolute Gasteiger partial charge is 0.268 e. The van der Waals surface area contributed by atoms with Crippen LogP contribution in [0.4, 0.5) is 0 Å². The van der Waals surface area contributed by atoms with Crippen molar-refractivity contribution in [3.63, 3.8) is 0 Å². The summed E-state index contributed by atoms with van der Waals surface area (Å²) in [4.78, 5) is 24.2. The van der Waals surface area contributed by atoms with Gasteiger partial charge in [0.1, 0.15) is 11.5 Å². The molecule has 1 fully saturated rings. The number of nitrogens with zero attached hydrogens (tertiary/aromatic N) is 1. The van der Waals surface area contributed by atoms with Crippen LogP contribution in [-0.4, -0.2) is 34.8 Å². The standard InChI is InChI=1S/C28H29N5O2/c29-27(30)20-9-8-19-14-26(28(35)32-23-12-10-22(11-13-23)31-17-34)33(25(19)15-20)16-21-6-3-5-18-4-1-2-7-24(18)21/h1-9,14-15,17,22-23H,10-13,16H2,(H3,29,30)(H,31,34)(H,32,35). The lowest BCUT2D eigenvalue weighted by Crippen LogP contribution is -2.42. The Kier molecular flexibility index (Phi) is 6.23. The quantitative estimate of drug-likeness (QED) is 0.188. The fourth-order valence-electron chi connectivity index (χ4n) is 5.14. The molecular weight excluding hydrogens is 438 g/mol. The number of nitrogens with one attached hydrogen (secondary N) is 3. The van der Waals surface area contributed by atoms with Crippen LogP contribution >= 0.6 is 0 Å². The predicted octanol–water partition coefficient (Wildman–Crippen LogP) is 3.91. The number of carbonyl (C=O) groups is 2. The lowest BCUT2D eigenvalue weighted by atomic mass is 9.91. The number of aromatic nitrogens is 1. The zero-order valence-corrected chi connectivity index (χ0v) is 19.5. The Morgan fingerprint density at radius 3 is 2.49 bits per heavy atom. The third-order valence-corrected chi connectivity index (χ3v) is 7.02. The van der Waals surface area contributed by atoms with Crippen molar-refractivity contribution in [1.29, 1.82) is 5.41 Å². The van der Waals surface area contributed by atoms with Gasteiger partial charge in [-0.3, -0.25) is 15.0 Å². The Morgan fingerprint density at radius 2 is 1.71 bits per heavy atom. The van der Waals surface area contributed by atoms with E-state index in [9.17, 15) is 9.59 Å². The summed E-state index contributed by atoms with van der Waals surface area (Å²) in [5, 5.41) is 17.2. The third-order valence-electron chi connectivity index (χ3n) is 7.02. The predicted molar refractivity (Wildman–Crippen MR) is 139 cm³/mol. The number of rotatable bonds is 7. The van der Waals surface area contributed by atoms with Crippen LogP contribution in [-0.2, 0) is 11.3 Å². The molecule has 1 aliphatic carbocycles. The van der Waals surface area contributed by atoms with Gasteiger partial charge in [0.05, 0.1) is 0 Å². The Hall–Kier alpha value is -4.13. The molecule has 2 amide bonds. The van der Waals surface area contributed by atoms with Crippen LogP contribution in [0.15, 0.2) is 66.7 Å². The summed E-state index contributed by atoms with van der Waals surface area (Å²) in [6, 6.07) is 22.2. The number of hydrogen-bond acceptors (Lipinski definition) is 3. The first-order valence-electron chi connectivity index (χ1n) is 12.0. The minimum Gasteiger partial charge on any atom is -0.384 e. The van der Waals surface area contributed by atoms with Crippen LogP contribution in [0.25, 0.3) is 21.7 Å². The van der Waals surface area contributed by atoms with Crippen LogP contribution in [0, 0.1) is 5.41 Å². The van der Waals surface area contributed by atoms with Crippen molar-refractivity contribution in [3.05, 3.63) is 83.6 Å². The van der Waals surface area contributed by atoms with Gasteiger partial charge in [0.15, 0.2) is 0 Å². The van der Waals surface area contributed by atoms with E-state index in [4.69, 9.17) is 11.1 Å². The van der Waals surface area contributed by atoms with E-state index in [1.165, 1.54) is 0 Å². The van der Waals surface area contributed by atoms with Crippen LogP contribution in [0.2, 0.25) is 0 Å². The molecule has 5 rings (SSSR count). The highest BCUT2D eigenvalue weighted by molar-refractivity contribution is 6.02. The maximum Gasteiger partial charge on any atom is 0.268 e. The van der Waals surface area contributed by atoms with E-state index in [1.54, 1.807) is 0 Å². The molecule has 0 aliphatic heterocycles. The van der Waals surface area contributed by atoms with Crippen molar-refractivity contribution in [3.8, 4) is 0 Å². The molecule has 7 heteroatoms. The molecule has 0 spiro atoms. The van der Waals surface area contributed by atoms with Gasteiger partial charge in [-0.05, 0) is 54.2 Å². The van der Waals surface area contributed by atoms with E-state index >= 15 is 0 Å². The van der Waals surface area contributed by atoms with Crippen molar-refractivity contribution in [2.75, 3.05) is 0 Å². The van der Waals surface area contributed by atoms with E-state index in [1.807, 2.05) is 47.0 Å². The largest absolute Gasteiger partial charge is 0.384 e. The Morgan fingerprint density at radius 1 is 0.971 bits per heavy atom. The molecule has 7 nitrogen and oxygen atoms in total. The Balaban J connectivity index is 1.51. The molecule has 0 unspecified atom stereocenters. The maximum atomic E-state index is 13.5. The average molecular weight is 468 g/mol. The van der Waals surface area contributed by atoms with Gasteiger partial charge in [0, 0.05) is 35.1 Å². The molecule has 1 aromatic heterocycles. The van der Waals surface area contributed by atoms with Crippen molar-refractivity contribution in [2.24, 2.45) is 5.73 Å². The average Bonchev–Trinajstić information content (AvgIpc) is 3.23. The molecule has 0 saturated heterocycles. The third kappa shape index (κ3) is 4.62. The summed E-state index contributed by atoms with van der Waals surface area (Å²) in [5.74, 6) is -0.117. The summed E-state index contributed by atoms with van der Waals surface area (Å²) in [6.45, 7) is 0.519. The molecule has 0 bridgehead atoms. The summed E-state index contributed by atoms with van der Waals surface area (Å²) < 4.78 is 2.03. The molecule has 0 atom stereocenters. The first kappa shape index (κ1) is 22.7. The Labute approximate surface area is 203 Å². The van der Waals surface area contributed by atoms with E-state index in [0.29, 0.717) is 17.8 Å². The SMILES string of the molecule is N=C(N)c1ccc2cc(C(=O)NC3CCC(NC=O)CC3)n(Cc3cccc4ccccc34)c2c1. The van der Waals surface area contributed by atoms with Gasteiger partial charge in [-0.25, -0.2) is 0 Å². The number of fused-ring (bicyclic) bond motifs is 2. The maximum absolute atomic E-state index is 13.5. The molecule has 35 heavy (non-hydrogen) atoms. The second-order valence-corrected chi connectivity index (χ2v) is 9.25. The topological polar surface area (TPSA) is 113 Å². The van der Waals surface area contributed by atoms with Gasteiger partial charge in [-0.2, -0.15) is 0 Å². The molecule has 4 aromatic rings. The molecule has 178 valence electrons. The van der Waals surface area contributed by atoms with E-state index in [0.717, 1.165) is 59.3 Å². The molecule has 5 N–H and O–H groups in total. The zero-order chi connectivity index (χ0) is 24.4. The van der Waals surface area contributed by atoms with Crippen LogP contribution in [0.5, 0.6) is 0 Å². The minimum absolute atomic E-state index is 0.00324. The van der Waals surface area contributed by atoms with Gasteiger partial charge < -0.3 is 20.9 Å². The number of amidine groups is 1. The van der Waals surface area contributed by atoms with Crippen LogP contribution < -0.4 is 16.4 Å². The molecule has 1 heterocycles. The van der Waals surface area contributed by atoms with Gasteiger partial charge in [0.25, 0.3) is 5.91 Å². The fourth-order valence-corrected chi connectivity index (χ4v) is 5.14. The number of nitrogen functional groups attached to an aromatic ring is 1. The van der Waals surface area contributed by atoms with Crippen molar-refractivity contribution in [1.82, 2.24) is 15.2 Å². The summed E-state index contributed by atoms with van der Waals surface area (Å²) in [6.07, 6.45) is 4.12. The summed E-state index contributed by atoms with van der Waals surface area (Å²) >= 11 is 0. The normalized spacial score (nSPS) is 17.8. The monoisotopic (exact) mass is 467 g/mol. The second-order valence-electron chi connectivity index (χ2n) is 9.25. The van der Waals surface area contributed by atoms with E-state index in [-0.39, 0.29) is 23.8 Å². The highest BCUT2D eigenvalue weighted by Gasteiger charge is 2.24. The lowest BCUT2D eigenvalue weighted by Gasteiger charge is -2.28. The number of carbonyl (C=O) groups excluding carboxylic acids is 2. The lowest BCUT2D eigenvalue weighted by molar-refractivity contribution is -0.110. The number of benzene rings is 3. The fraction of sp³-hybridized carbons (Fsp3) is 0.250. The van der Waals surface area contributed by atoms with Crippen LogP contribution in [0.3, 0.4) is 0 Å². The number of hydrogen-bond donors (Lipinski definition) is 4. The van der Waals surface area contributed by atoms with Gasteiger partial charge in [-0.15, -0.1) is 0 Å². The van der Waals surface area contributed by atoms with Crippen molar-refractivity contribution >= 4 is 39.8 Å². The number of nitrogens with two attached hydrogens (primary N) is 1. The molecule has 0 radical (unpaired) electrons. The van der Waals surface area contributed by atoms with E-state index in [2.05, 4.69) is 34.9 Å².